The van der Waals surface area contributed by atoms with Crippen LogP contribution in [0.3, 0.4) is 0 Å². The summed E-state index contributed by atoms with van der Waals surface area (Å²) < 4.78 is 20.9. The Morgan fingerprint density at radius 1 is 1.44 bits per heavy atom. The number of halogens is 1. The third kappa shape index (κ3) is 3.60. The lowest BCUT2D eigenvalue weighted by Crippen LogP contribution is -2.45. The molecule has 1 saturated heterocycles. The maximum Gasteiger partial charge on any atom is 0.321 e. The second kappa shape index (κ2) is 7.13. The molecular weight excluding hydrogens is 323 g/mol. The lowest BCUT2D eigenvalue weighted by atomic mass is 9.93. The average molecular weight is 346 g/mol. The number of rotatable bonds is 3. The summed E-state index contributed by atoms with van der Waals surface area (Å²) in [7, 11) is 1.42. The van der Waals surface area contributed by atoms with Gasteiger partial charge in [0.1, 0.15) is 0 Å². The molecule has 0 bridgehead atoms. The van der Waals surface area contributed by atoms with Crippen LogP contribution in [0.25, 0.3) is 0 Å². The number of likely N-dealkylation sites (tertiary alicyclic amines) is 1. The van der Waals surface area contributed by atoms with Gasteiger partial charge in [0.25, 0.3) is 0 Å². The van der Waals surface area contributed by atoms with Crippen molar-refractivity contribution in [3.8, 4) is 5.75 Å². The van der Waals surface area contributed by atoms with Crippen molar-refractivity contribution in [2.24, 2.45) is 5.92 Å². The number of benzene rings is 1. The van der Waals surface area contributed by atoms with Crippen molar-refractivity contribution in [1.29, 1.82) is 0 Å². The summed E-state index contributed by atoms with van der Waals surface area (Å²) in [4.78, 5) is 18.5. The number of hydrogen-bond acceptors (Lipinski definition) is 3. The van der Waals surface area contributed by atoms with Gasteiger partial charge >= 0.3 is 6.03 Å². The highest BCUT2D eigenvalue weighted by Crippen LogP contribution is 2.29. The van der Waals surface area contributed by atoms with Crippen molar-refractivity contribution in [3.05, 3.63) is 42.2 Å². The van der Waals surface area contributed by atoms with Crippen LogP contribution >= 0.6 is 0 Å². The van der Waals surface area contributed by atoms with Gasteiger partial charge in [0.05, 0.1) is 19.5 Å². The first-order chi connectivity index (χ1) is 12.0. The molecule has 0 saturated carbocycles. The molecule has 1 aromatic heterocycles. The Morgan fingerprint density at radius 2 is 2.24 bits per heavy atom. The molecule has 1 fully saturated rings. The quantitative estimate of drug-likeness (QED) is 0.926. The number of aromatic nitrogens is 2. The van der Waals surface area contributed by atoms with Crippen LogP contribution in [0.15, 0.2) is 30.9 Å². The molecular formula is C18H23FN4O2. The van der Waals surface area contributed by atoms with E-state index in [1.54, 1.807) is 23.5 Å². The molecule has 0 unspecified atom stereocenters. The van der Waals surface area contributed by atoms with Gasteiger partial charge in [-0.05, 0) is 30.9 Å². The monoisotopic (exact) mass is 346 g/mol. The zero-order valence-electron chi connectivity index (χ0n) is 14.7. The summed E-state index contributed by atoms with van der Waals surface area (Å²) in [5.41, 5.74) is 1.21. The van der Waals surface area contributed by atoms with Crippen LogP contribution in [0.1, 0.15) is 24.9 Å². The molecule has 0 aliphatic carbocycles. The van der Waals surface area contributed by atoms with E-state index in [2.05, 4.69) is 17.2 Å². The fourth-order valence-electron chi connectivity index (χ4n) is 3.23. The molecule has 1 aliphatic heterocycles. The van der Waals surface area contributed by atoms with Crippen LogP contribution in [0.4, 0.5) is 14.9 Å². The Bertz CT molecular complexity index is 748. The number of nitrogens with zero attached hydrogens (tertiary/aromatic N) is 3. The van der Waals surface area contributed by atoms with E-state index < -0.39 is 5.82 Å². The first-order valence-corrected chi connectivity index (χ1v) is 8.37. The highest BCUT2D eigenvalue weighted by atomic mass is 19.1. The fraction of sp³-hybridized carbons (Fsp3) is 0.444. The van der Waals surface area contributed by atoms with Crippen molar-refractivity contribution in [3.63, 3.8) is 0 Å². The first kappa shape index (κ1) is 17.3. The summed E-state index contributed by atoms with van der Waals surface area (Å²) in [6, 6.07) is 2.85. The van der Waals surface area contributed by atoms with Crippen LogP contribution < -0.4 is 10.1 Å². The minimum Gasteiger partial charge on any atom is -0.494 e. The number of carbonyl (C=O) groups is 1. The van der Waals surface area contributed by atoms with Gasteiger partial charge in [-0.3, -0.25) is 0 Å². The normalized spacial score (nSPS) is 20.4. The van der Waals surface area contributed by atoms with E-state index in [4.69, 9.17) is 4.74 Å². The molecule has 3 rings (SSSR count). The molecule has 0 spiro atoms. The SMILES string of the molecule is COc1cc(C)c(NC(=O)N2CC[C@@H](C)[C@H](n3ccnc3)C2)cc1F. The fourth-order valence-corrected chi connectivity index (χ4v) is 3.23. The second-order valence-electron chi connectivity index (χ2n) is 6.52. The third-order valence-electron chi connectivity index (χ3n) is 4.85. The number of amides is 2. The minimum absolute atomic E-state index is 0.169. The van der Waals surface area contributed by atoms with E-state index in [1.807, 2.05) is 17.7 Å². The van der Waals surface area contributed by atoms with Crippen molar-refractivity contribution >= 4 is 11.7 Å². The highest BCUT2D eigenvalue weighted by molar-refractivity contribution is 5.90. The minimum atomic E-state index is -0.494. The van der Waals surface area contributed by atoms with E-state index in [1.165, 1.54) is 13.2 Å². The number of imidazole rings is 1. The standard InChI is InChI=1S/C18H23FN4O2/c1-12-4-6-22(10-16(12)23-7-5-20-11-23)18(24)21-15-9-14(19)17(25-3)8-13(15)2/h5,7-9,11-12,16H,4,6,10H2,1-3H3,(H,21,24)/t12-,16-/m1/s1. The highest BCUT2D eigenvalue weighted by Gasteiger charge is 2.30. The topological polar surface area (TPSA) is 59.4 Å². The van der Waals surface area contributed by atoms with Gasteiger partial charge in [-0.1, -0.05) is 6.92 Å². The van der Waals surface area contributed by atoms with Crippen LogP contribution in [0, 0.1) is 18.7 Å². The van der Waals surface area contributed by atoms with E-state index in [0.717, 1.165) is 12.0 Å². The Hall–Kier alpha value is -2.57. The van der Waals surface area contributed by atoms with Crippen LogP contribution in [0.5, 0.6) is 5.75 Å². The maximum absolute atomic E-state index is 13.9. The number of ether oxygens (including phenoxy) is 1. The molecule has 134 valence electrons. The molecule has 1 N–H and O–H groups in total. The molecule has 1 aliphatic rings. The summed E-state index contributed by atoms with van der Waals surface area (Å²) in [6.45, 7) is 5.27. The number of aryl methyl sites for hydroxylation is 1. The molecule has 25 heavy (non-hydrogen) atoms. The van der Waals surface area contributed by atoms with Gasteiger partial charge in [0, 0.05) is 37.2 Å². The average Bonchev–Trinajstić information content (AvgIpc) is 3.12. The molecule has 0 radical (unpaired) electrons. The third-order valence-corrected chi connectivity index (χ3v) is 4.85. The number of hydrogen-bond donors (Lipinski definition) is 1. The Balaban J connectivity index is 1.72. The van der Waals surface area contributed by atoms with Crippen LogP contribution in [0.2, 0.25) is 0 Å². The molecule has 2 atom stereocenters. The summed E-state index contributed by atoms with van der Waals surface area (Å²) >= 11 is 0. The predicted molar refractivity (Wildman–Crippen MR) is 93.3 cm³/mol. The summed E-state index contributed by atoms with van der Waals surface area (Å²) in [5.74, 6) is 0.132. The zero-order valence-corrected chi connectivity index (χ0v) is 14.7. The molecule has 1 aromatic carbocycles. The molecule has 2 aromatic rings. The van der Waals surface area contributed by atoms with E-state index in [-0.39, 0.29) is 17.8 Å². The summed E-state index contributed by atoms with van der Waals surface area (Å²) in [5, 5.41) is 2.82. The number of urea groups is 1. The maximum atomic E-state index is 13.9. The van der Waals surface area contributed by atoms with Crippen LogP contribution in [-0.4, -0.2) is 40.7 Å². The lowest BCUT2D eigenvalue weighted by Gasteiger charge is -2.37. The van der Waals surface area contributed by atoms with E-state index in [9.17, 15) is 9.18 Å². The van der Waals surface area contributed by atoms with Crippen molar-refractivity contribution in [2.45, 2.75) is 26.3 Å². The van der Waals surface area contributed by atoms with Gasteiger partial charge in [-0.2, -0.15) is 0 Å². The smallest absolute Gasteiger partial charge is 0.321 e. The molecule has 6 nitrogen and oxygen atoms in total. The zero-order chi connectivity index (χ0) is 18.0. The number of anilines is 1. The number of carbonyl (C=O) groups excluding carboxylic acids is 1. The first-order valence-electron chi connectivity index (χ1n) is 8.37. The van der Waals surface area contributed by atoms with Gasteiger partial charge < -0.3 is 19.5 Å². The second-order valence-corrected chi connectivity index (χ2v) is 6.52. The van der Waals surface area contributed by atoms with Crippen LogP contribution in [-0.2, 0) is 0 Å². The Morgan fingerprint density at radius 3 is 2.92 bits per heavy atom. The lowest BCUT2D eigenvalue weighted by molar-refractivity contribution is 0.149. The van der Waals surface area contributed by atoms with Gasteiger partial charge in [0.2, 0.25) is 0 Å². The largest absolute Gasteiger partial charge is 0.494 e. The van der Waals surface area contributed by atoms with Gasteiger partial charge in [-0.25, -0.2) is 14.2 Å². The summed E-state index contributed by atoms with van der Waals surface area (Å²) in [6.07, 6.45) is 6.36. The predicted octanol–water partition coefficient (Wildman–Crippen LogP) is 3.45. The van der Waals surface area contributed by atoms with E-state index >= 15 is 0 Å². The van der Waals surface area contributed by atoms with Crippen molar-refractivity contribution in [2.75, 3.05) is 25.5 Å². The van der Waals surface area contributed by atoms with Crippen molar-refractivity contribution < 1.29 is 13.9 Å². The van der Waals surface area contributed by atoms with E-state index in [0.29, 0.717) is 24.7 Å². The molecule has 7 heteroatoms. The Labute approximate surface area is 146 Å². The van der Waals surface area contributed by atoms with Gasteiger partial charge in [-0.15, -0.1) is 0 Å². The number of piperidine rings is 1. The number of nitrogens with one attached hydrogen (secondary N) is 1. The Kier molecular flexibility index (Phi) is 4.92. The van der Waals surface area contributed by atoms with Gasteiger partial charge in [0.15, 0.2) is 11.6 Å². The number of methoxy groups -OCH3 is 1. The van der Waals surface area contributed by atoms with Crippen molar-refractivity contribution in [1.82, 2.24) is 14.5 Å². The molecule has 2 amide bonds. The molecule has 2 heterocycles.